The number of ether oxygens (including phenoxy) is 1. The highest BCUT2D eigenvalue weighted by Crippen LogP contribution is 2.29. The summed E-state index contributed by atoms with van der Waals surface area (Å²) in [4.78, 5) is 0. The van der Waals surface area contributed by atoms with Gasteiger partial charge in [-0.25, -0.2) is 0 Å². The molecule has 1 aromatic heterocycles. The number of aromatic amines is 1. The molecule has 0 amide bonds. The normalized spacial score (nSPS) is 12.1. The fourth-order valence-corrected chi connectivity index (χ4v) is 4.38. The quantitative estimate of drug-likeness (QED) is 0.237. The van der Waals surface area contributed by atoms with E-state index in [2.05, 4.69) is 48.3 Å². The lowest BCUT2D eigenvalue weighted by atomic mass is 9.93. The Kier molecular flexibility index (Phi) is 8.89. The lowest BCUT2D eigenvalue weighted by molar-refractivity contribution is 0.414. The lowest BCUT2D eigenvalue weighted by Gasteiger charge is -2.17. The van der Waals surface area contributed by atoms with E-state index in [-0.39, 0.29) is 5.92 Å². The number of aromatic nitrogens is 3. The van der Waals surface area contributed by atoms with E-state index in [1.165, 1.54) is 49.7 Å². The molecule has 1 heterocycles. The van der Waals surface area contributed by atoms with Gasteiger partial charge in [-0.2, -0.15) is 5.10 Å². The summed E-state index contributed by atoms with van der Waals surface area (Å²) in [5.74, 6) is 1.91. The molecule has 1 atom stereocenters. The second kappa shape index (κ2) is 11.8. The summed E-state index contributed by atoms with van der Waals surface area (Å²) in [6, 6.07) is 17.0. The molecule has 0 bridgehead atoms. The smallest absolute Gasteiger partial charge is 0.199 e. The second-order valence-electron chi connectivity index (χ2n) is 8.14. The standard InChI is InChI=1S/C26H35N3OS/c1-4-6-7-8-9-10-12-20-15-17-21(18-16-20)24(5-2)25-27-28-26(31)29(25)22-13-11-14-23(19-22)30-3/h11,13-19,24H,4-10,12H2,1-3H3,(H,28,31). The zero-order valence-corrected chi connectivity index (χ0v) is 19.9. The molecule has 0 saturated carbocycles. The van der Waals surface area contributed by atoms with Gasteiger partial charge in [-0.05, 0) is 54.7 Å². The van der Waals surface area contributed by atoms with E-state index < -0.39 is 0 Å². The Morgan fingerprint density at radius 3 is 2.45 bits per heavy atom. The van der Waals surface area contributed by atoms with E-state index in [9.17, 15) is 0 Å². The molecule has 3 aromatic rings. The topological polar surface area (TPSA) is 42.8 Å². The zero-order chi connectivity index (χ0) is 22.1. The number of nitrogens with zero attached hydrogens (tertiary/aromatic N) is 2. The van der Waals surface area contributed by atoms with Gasteiger partial charge in [0.25, 0.3) is 0 Å². The number of H-pyrrole nitrogens is 1. The fraction of sp³-hybridized carbons (Fsp3) is 0.462. The third-order valence-electron chi connectivity index (χ3n) is 5.93. The molecule has 0 aliphatic carbocycles. The summed E-state index contributed by atoms with van der Waals surface area (Å²) >= 11 is 5.56. The molecule has 166 valence electrons. The average Bonchev–Trinajstić information content (AvgIpc) is 3.18. The van der Waals surface area contributed by atoms with Crippen LogP contribution in [-0.2, 0) is 6.42 Å². The number of rotatable bonds is 12. The third-order valence-corrected chi connectivity index (χ3v) is 6.20. The number of aryl methyl sites for hydroxylation is 1. The molecule has 0 aliphatic rings. The van der Waals surface area contributed by atoms with E-state index >= 15 is 0 Å². The Labute approximate surface area is 191 Å². The Morgan fingerprint density at radius 1 is 1.00 bits per heavy atom. The molecule has 1 unspecified atom stereocenters. The van der Waals surface area contributed by atoms with Crippen molar-refractivity contribution in [2.75, 3.05) is 7.11 Å². The maximum Gasteiger partial charge on any atom is 0.199 e. The summed E-state index contributed by atoms with van der Waals surface area (Å²) in [7, 11) is 1.68. The monoisotopic (exact) mass is 437 g/mol. The Balaban J connectivity index is 1.75. The largest absolute Gasteiger partial charge is 0.497 e. The van der Waals surface area contributed by atoms with Crippen LogP contribution in [0.15, 0.2) is 48.5 Å². The van der Waals surface area contributed by atoms with Crippen molar-refractivity contribution in [2.24, 2.45) is 0 Å². The molecule has 0 radical (unpaired) electrons. The number of hydrogen-bond donors (Lipinski definition) is 1. The van der Waals surface area contributed by atoms with Crippen LogP contribution >= 0.6 is 12.2 Å². The molecular formula is C26H35N3OS. The van der Waals surface area contributed by atoms with Crippen LogP contribution < -0.4 is 4.74 Å². The van der Waals surface area contributed by atoms with Gasteiger partial charge in [0, 0.05) is 12.0 Å². The first kappa shape index (κ1) is 23.3. The number of nitrogens with one attached hydrogen (secondary N) is 1. The average molecular weight is 438 g/mol. The molecular weight excluding hydrogens is 402 g/mol. The Hall–Kier alpha value is -2.40. The Morgan fingerprint density at radius 2 is 1.74 bits per heavy atom. The van der Waals surface area contributed by atoms with Gasteiger partial charge >= 0.3 is 0 Å². The van der Waals surface area contributed by atoms with Crippen LogP contribution in [0.2, 0.25) is 0 Å². The van der Waals surface area contributed by atoms with Gasteiger partial charge in [0.15, 0.2) is 4.77 Å². The van der Waals surface area contributed by atoms with E-state index in [0.29, 0.717) is 4.77 Å². The van der Waals surface area contributed by atoms with Crippen molar-refractivity contribution in [3.8, 4) is 11.4 Å². The van der Waals surface area contributed by atoms with Crippen LogP contribution in [0.5, 0.6) is 5.75 Å². The maximum absolute atomic E-state index is 5.56. The van der Waals surface area contributed by atoms with Gasteiger partial charge in [0.1, 0.15) is 11.6 Å². The second-order valence-corrected chi connectivity index (χ2v) is 8.53. The molecule has 0 aliphatic heterocycles. The van der Waals surface area contributed by atoms with E-state index in [1.807, 2.05) is 28.8 Å². The summed E-state index contributed by atoms with van der Waals surface area (Å²) in [6.45, 7) is 4.46. The van der Waals surface area contributed by atoms with E-state index in [0.717, 1.165) is 30.1 Å². The van der Waals surface area contributed by atoms with Crippen molar-refractivity contribution >= 4 is 12.2 Å². The number of benzene rings is 2. The van der Waals surface area contributed by atoms with Gasteiger partial charge in [-0.3, -0.25) is 9.67 Å². The maximum atomic E-state index is 5.56. The summed E-state index contributed by atoms with van der Waals surface area (Å²) in [5, 5.41) is 7.60. The molecule has 0 saturated heterocycles. The highest BCUT2D eigenvalue weighted by Gasteiger charge is 2.20. The first-order valence-corrected chi connectivity index (χ1v) is 12.0. The minimum Gasteiger partial charge on any atom is -0.497 e. The van der Waals surface area contributed by atoms with Gasteiger partial charge in [-0.1, -0.05) is 76.3 Å². The molecule has 2 aromatic carbocycles. The van der Waals surface area contributed by atoms with Crippen molar-refractivity contribution in [3.63, 3.8) is 0 Å². The van der Waals surface area contributed by atoms with Crippen LogP contribution in [0.25, 0.3) is 5.69 Å². The first-order chi connectivity index (χ1) is 15.2. The summed E-state index contributed by atoms with van der Waals surface area (Å²) in [6.07, 6.45) is 10.1. The molecule has 31 heavy (non-hydrogen) atoms. The number of unbranched alkanes of at least 4 members (excludes halogenated alkanes) is 5. The molecule has 0 spiro atoms. The van der Waals surface area contributed by atoms with Crippen molar-refractivity contribution in [3.05, 3.63) is 70.3 Å². The highest BCUT2D eigenvalue weighted by molar-refractivity contribution is 7.71. The zero-order valence-electron chi connectivity index (χ0n) is 19.1. The Bertz CT molecular complexity index is 990. The highest BCUT2D eigenvalue weighted by atomic mass is 32.1. The van der Waals surface area contributed by atoms with Gasteiger partial charge in [-0.15, -0.1) is 0 Å². The summed E-state index contributed by atoms with van der Waals surface area (Å²) in [5.41, 5.74) is 3.65. The summed E-state index contributed by atoms with van der Waals surface area (Å²) < 4.78 is 8.02. The van der Waals surface area contributed by atoms with Gasteiger partial charge in [0.2, 0.25) is 0 Å². The van der Waals surface area contributed by atoms with Crippen molar-refractivity contribution in [1.29, 1.82) is 0 Å². The van der Waals surface area contributed by atoms with Crippen LogP contribution in [0.4, 0.5) is 0 Å². The predicted molar refractivity (Wildman–Crippen MR) is 131 cm³/mol. The van der Waals surface area contributed by atoms with Crippen molar-refractivity contribution in [2.45, 2.75) is 71.1 Å². The van der Waals surface area contributed by atoms with Gasteiger partial charge in [0.05, 0.1) is 12.8 Å². The van der Waals surface area contributed by atoms with Crippen LogP contribution in [0.1, 0.15) is 81.7 Å². The van der Waals surface area contributed by atoms with E-state index in [4.69, 9.17) is 17.0 Å². The van der Waals surface area contributed by atoms with Crippen molar-refractivity contribution < 1.29 is 4.74 Å². The molecule has 0 fully saturated rings. The fourth-order valence-electron chi connectivity index (χ4n) is 4.14. The minimum absolute atomic E-state index is 0.169. The number of methoxy groups -OCH3 is 1. The van der Waals surface area contributed by atoms with Crippen molar-refractivity contribution in [1.82, 2.24) is 14.8 Å². The van der Waals surface area contributed by atoms with E-state index in [1.54, 1.807) is 7.11 Å². The molecule has 5 heteroatoms. The molecule has 3 rings (SSSR count). The van der Waals surface area contributed by atoms with Gasteiger partial charge < -0.3 is 4.74 Å². The lowest BCUT2D eigenvalue weighted by Crippen LogP contribution is -2.09. The van der Waals surface area contributed by atoms with Crippen LogP contribution in [0.3, 0.4) is 0 Å². The third kappa shape index (κ3) is 6.07. The molecule has 4 nitrogen and oxygen atoms in total. The number of hydrogen-bond acceptors (Lipinski definition) is 3. The van der Waals surface area contributed by atoms with Crippen LogP contribution in [-0.4, -0.2) is 21.9 Å². The minimum atomic E-state index is 0.169. The molecule has 1 N–H and O–H groups in total. The van der Waals surface area contributed by atoms with Crippen LogP contribution in [0, 0.1) is 4.77 Å². The first-order valence-electron chi connectivity index (χ1n) is 11.6. The predicted octanol–water partition coefficient (Wildman–Crippen LogP) is 7.38. The SMILES string of the molecule is CCCCCCCCc1ccc(C(CC)c2n[nH]c(=S)n2-c2cccc(OC)c2)cc1.